The standard InChI is InChI=1S/C26H40N8O4/c1-4-16(5-2)29-23-19-24(31-26(30-23)27-10-13-33-11-8-7-9-12-33)34(15-28-19)25-21(36)20(35)22(37-25)18-14-17(6-3)32-38-18/h14-16,20-22,25,35-36H,4-13H2,1-3H3,(H2,27,29,30,31)/t20-,21+,22+,25+/m1/s1. The van der Waals surface area contributed by atoms with Crippen LogP contribution in [0.5, 0.6) is 0 Å². The zero-order chi connectivity index (χ0) is 26.6. The van der Waals surface area contributed by atoms with E-state index in [9.17, 15) is 10.2 Å². The average molecular weight is 529 g/mol. The van der Waals surface area contributed by atoms with E-state index in [4.69, 9.17) is 19.2 Å². The van der Waals surface area contributed by atoms with E-state index in [1.54, 1.807) is 17.0 Å². The quantitative estimate of drug-likeness (QED) is 0.291. The number of rotatable bonds is 11. The Morgan fingerprint density at radius 2 is 1.87 bits per heavy atom. The minimum Gasteiger partial charge on any atom is -0.387 e. The van der Waals surface area contributed by atoms with Crippen molar-refractivity contribution in [2.45, 2.75) is 89.9 Å². The summed E-state index contributed by atoms with van der Waals surface area (Å²) in [6.07, 6.45) is 3.78. The van der Waals surface area contributed by atoms with E-state index in [2.05, 4.69) is 39.5 Å². The molecule has 4 N–H and O–H groups in total. The molecule has 4 atom stereocenters. The van der Waals surface area contributed by atoms with Crippen LogP contribution in [0.1, 0.15) is 76.7 Å². The fraction of sp³-hybridized carbons (Fsp3) is 0.692. The Morgan fingerprint density at radius 1 is 1.08 bits per heavy atom. The van der Waals surface area contributed by atoms with Crippen LogP contribution in [0.4, 0.5) is 11.8 Å². The SMILES string of the molecule is CCc1cc([C@@H]2O[C@H](n3cnc4c(NC(CC)CC)nc(NCCN5CCCCC5)nc43)[C@@H](O)[C@H]2O)on1. The van der Waals surface area contributed by atoms with Crippen molar-refractivity contribution >= 4 is 22.9 Å². The highest BCUT2D eigenvalue weighted by Crippen LogP contribution is 2.40. The minimum absolute atomic E-state index is 0.234. The number of imidazole rings is 1. The van der Waals surface area contributed by atoms with Gasteiger partial charge in [0.2, 0.25) is 5.95 Å². The van der Waals surface area contributed by atoms with Gasteiger partial charge in [0, 0.05) is 25.2 Å². The number of fused-ring (bicyclic) bond motifs is 1. The molecule has 0 aliphatic carbocycles. The number of aromatic nitrogens is 5. The molecule has 2 aliphatic rings. The van der Waals surface area contributed by atoms with Crippen LogP contribution < -0.4 is 10.6 Å². The van der Waals surface area contributed by atoms with Crippen LogP contribution in [0.3, 0.4) is 0 Å². The molecule has 0 amide bonds. The fourth-order valence-electron chi connectivity index (χ4n) is 5.23. The van der Waals surface area contributed by atoms with E-state index in [0.717, 1.165) is 44.7 Å². The van der Waals surface area contributed by atoms with E-state index in [1.807, 2.05) is 6.92 Å². The van der Waals surface area contributed by atoms with Crippen molar-refractivity contribution in [3.8, 4) is 0 Å². The predicted molar refractivity (Wildman–Crippen MR) is 143 cm³/mol. The van der Waals surface area contributed by atoms with Gasteiger partial charge < -0.3 is 35.0 Å². The smallest absolute Gasteiger partial charge is 0.226 e. The summed E-state index contributed by atoms with van der Waals surface area (Å²) in [5, 5.41) is 32.7. The number of nitrogens with zero attached hydrogens (tertiary/aromatic N) is 6. The van der Waals surface area contributed by atoms with Crippen LogP contribution in [-0.2, 0) is 11.2 Å². The fourth-order valence-corrected chi connectivity index (χ4v) is 5.23. The highest BCUT2D eigenvalue weighted by molar-refractivity contribution is 5.84. The van der Waals surface area contributed by atoms with Gasteiger partial charge in [-0.15, -0.1) is 0 Å². The minimum atomic E-state index is -1.21. The highest BCUT2D eigenvalue weighted by atomic mass is 16.6. The zero-order valence-corrected chi connectivity index (χ0v) is 22.5. The Labute approximate surface area is 222 Å². The van der Waals surface area contributed by atoms with Crippen molar-refractivity contribution in [3.63, 3.8) is 0 Å². The van der Waals surface area contributed by atoms with Crippen molar-refractivity contribution in [1.82, 2.24) is 29.6 Å². The number of likely N-dealkylation sites (tertiary alicyclic amines) is 1. The maximum Gasteiger partial charge on any atom is 0.226 e. The number of anilines is 2. The first-order valence-corrected chi connectivity index (χ1v) is 14.0. The third-order valence-electron chi connectivity index (χ3n) is 7.64. The van der Waals surface area contributed by atoms with Crippen LogP contribution >= 0.6 is 0 Å². The first kappa shape index (κ1) is 26.8. The summed E-state index contributed by atoms with van der Waals surface area (Å²) >= 11 is 0. The number of aliphatic hydroxyl groups is 2. The second kappa shape index (κ2) is 11.9. The second-order valence-electron chi connectivity index (χ2n) is 10.2. The first-order valence-electron chi connectivity index (χ1n) is 14.0. The highest BCUT2D eigenvalue weighted by Gasteiger charge is 2.47. The van der Waals surface area contributed by atoms with Crippen LogP contribution in [-0.4, -0.2) is 84.2 Å². The third kappa shape index (κ3) is 5.49. The number of aryl methyl sites for hydroxylation is 1. The van der Waals surface area contributed by atoms with Crippen LogP contribution in [0.2, 0.25) is 0 Å². The third-order valence-corrected chi connectivity index (χ3v) is 7.64. The number of nitrogens with one attached hydrogen (secondary N) is 2. The van der Waals surface area contributed by atoms with Gasteiger partial charge in [0.05, 0.1) is 12.0 Å². The molecular formula is C26H40N8O4. The Morgan fingerprint density at radius 3 is 2.58 bits per heavy atom. The van der Waals surface area contributed by atoms with Crippen molar-refractivity contribution in [1.29, 1.82) is 0 Å². The maximum atomic E-state index is 11.0. The largest absolute Gasteiger partial charge is 0.387 e. The van der Waals surface area contributed by atoms with Crippen molar-refractivity contribution in [3.05, 3.63) is 23.8 Å². The lowest BCUT2D eigenvalue weighted by Gasteiger charge is -2.26. The van der Waals surface area contributed by atoms with Crippen molar-refractivity contribution < 1.29 is 19.5 Å². The van der Waals surface area contributed by atoms with Gasteiger partial charge in [0.1, 0.15) is 18.3 Å². The Hall–Kier alpha value is -2.80. The molecule has 2 saturated heterocycles. The van der Waals surface area contributed by atoms with Gasteiger partial charge in [-0.05, 0) is 45.2 Å². The molecular weight excluding hydrogens is 488 g/mol. The van der Waals surface area contributed by atoms with Gasteiger partial charge in [-0.25, -0.2) is 4.98 Å². The monoisotopic (exact) mass is 528 g/mol. The normalized spacial score (nSPS) is 24.5. The van der Waals surface area contributed by atoms with E-state index in [1.165, 1.54) is 19.3 Å². The van der Waals surface area contributed by atoms with E-state index in [-0.39, 0.29) is 6.04 Å². The Kier molecular flexibility index (Phi) is 8.42. The molecule has 2 fully saturated rings. The van der Waals surface area contributed by atoms with Crippen LogP contribution in [0.15, 0.2) is 16.9 Å². The van der Waals surface area contributed by atoms with Gasteiger partial charge >= 0.3 is 0 Å². The topological polar surface area (TPSA) is 147 Å². The van der Waals surface area contributed by atoms with Crippen LogP contribution in [0, 0.1) is 0 Å². The molecule has 5 rings (SSSR count). The lowest BCUT2D eigenvalue weighted by atomic mass is 10.1. The molecule has 3 aromatic rings. The van der Waals surface area contributed by atoms with Gasteiger partial charge in [0.15, 0.2) is 29.0 Å². The second-order valence-corrected chi connectivity index (χ2v) is 10.2. The zero-order valence-electron chi connectivity index (χ0n) is 22.5. The molecule has 2 aliphatic heterocycles. The summed E-state index contributed by atoms with van der Waals surface area (Å²) in [7, 11) is 0. The average Bonchev–Trinajstić information content (AvgIpc) is 3.66. The summed E-state index contributed by atoms with van der Waals surface area (Å²) < 4.78 is 13.2. The molecule has 0 unspecified atom stereocenters. The summed E-state index contributed by atoms with van der Waals surface area (Å²) in [6.45, 7) is 10.1. The van der Waals surface area contributed by atoms with Crippen molar-refractivity contribution in [2.75, 3.05) is 36.8 Å². The van der Waals surface area contributed by atoms with E-state index in [0.29, 0.717) is 35.1 Å². The summed E-state index contributed by atoms with van der Waals surface area (Å²) in [6, 6.07) is 1.98. The van der Waals surface area contributed by atoms with Gasteiger partial charge in [-0.2, -0.15) is 9.97 Å². The van der Waals surface area contributed by atoms with Gasteiger partial charge in [-0.3, -0.25) is 4.57 Å². The molecule has 0 radical (unpaired) electrons. The Balaban J connectivity index is 1.42. The van der Waals surface area contributed by atoms with Gasteiger partial charge in [-0.1, -0.05) is 32.3 Å². The number of aliphatic hydroxyl groups excluding tert-OH is 2. The molecule has 12 nitrogen and oxygen atoms in total. The number of hydrogen-bond acceptors (Lipinski definition) is 11. The molecule has 0 bridgehead atoms. The predicted octanol–water partition coefficient (Wildman–Crippen LogP) is 2.87. The molecule has 38 heavy (non-hydrogen) atoms. The first-order chi connectivity index (χ1) is 18.5. The summed E-state index contributed by atoms with van der Waals surface area (Å²) in [5.41, 5.74) is 1.85. The van der Waals surface area contributed by atoms with Gasteiger partial charge in [0.25, 0.3) is 0 Å². The van der Waals surface area contributed by atoms with Crippen molar-refractivity contribution in [2.24, 2.45) is 0 Å². The lowest BCUT2D eigenvalue weighted by Crippen LogP contribution is -2.34. The molecule has 0 spiro atoms. The molecule has 5 heterocycles. The number of ether oxygens (including phenoxy) is 1. The maximum absolute atomic E-state index is 11.0. The Bertz CT molecular complexity index is 1190. The molecule has 0 aromatic carbocycles. The molecule has 3 aromatic heterocycles. The molecule has 208 valence electrons. The van der Waals surface area contributed by atoms with E-state index >= 15 is 0 Å². The number of piperidine rings is 1. The molecule has 0 saturated carbocycles. The summed E-state index contributed by atoms with van der Waals surface area (Å²) in [4.78, 5) is 16.6. The van der Waals surface area contributed by atoms with Crippen LogP contribution in [0.25, 0.3) is 11.2 Å². The lowest BCUT2D eigenvalue weighted by molar-refractivity contribution is -0.0434. The molecule has 12 heteroatoms. The number of hydrogen-bond donors (Lipinski definition) is 4. The summed E-state index contributed by atoms with van der Waals surface area (Å²) in [5.74, 6) is 1.50. The van der Waals surface area contributed by atoms with E-state index < -0.39 is 24.5 Å².